The standard InChI is InChI=1S/C25H26Cl2N4O3/c1-34-16-5-6-21-17(13-16)18-14-29(15-19(18)25(33)28-21)8-7-23(32)31-11-9-30(10-12-31)22-4-2-3-20(26)24(22)27/h2-6,13H,7-12,14-15H2,1H3,(H,28,33). The maximum absolute atomic E-state index is 12.9. The van der Waals surface area contributed by atoms with Gasteiger partial charge < -0.3 is 19.5 Å². The van der Waals surface area contributed by atoms with E-state index < -0.39 is 0 Å². The van der Waals surface area contributed by atoms with Crippen LogP contribution >= 0.6 is 23.2 Å². The number of aromatic amines is 1. The Hall–Kier alpha value is -2.74. The molecule has 2 aliphatic rings. The number of carbonyl (C=O) groups is 1. The Bertz CT molecular complexity index is 1300. The quantitative estimate of drug-likeness (QED) is 0.575. The summed E-state index contributed by atoms with van der Waals surface area (Å²) in [7, 11) is 1.63. The highest BCUT2D eigenvalue weighted by Gasteiger charge is 2.27. The summed E-state index contributed by atoms with van der Waals surface area (Å²) < 4.78 is 5.36. The molecule has 1 amide bonds. The van der Waals surface area contributed by atoms with E-state index in [1.54, 1.807) is 13.2 Å². The van der Waals surface area contributed by atoms with Gasteiger partial charge in [-0.1, -0.05) is 29.3 Å². The number of fused-ring (bicyclic) bond motifs is 3. The fourth-order valence-corrected chi connectivity index (χ4v) is 5.28. The van der Waals surface area contributed by atoms with E-state index in [1.807, 2.05) is 35.2 Å². The van der Waals surface area contributed by atoms with Gasteiger partial charge in [0.2, 0.25) is 5.91 Å². The number of benzene rings is 2. The predicted octanol–water partition coefficient (Wildman–Crippen LogP) is 3.90. The number of halogens is 2. The van der Waals surface area contributed by atoms with Crippen LogP contribution in [0.5, 0.6) is 5.75 Å². The third-order valence-electron chi connectivity index (χ3n) is 6.75. The maximum atomic E-state index is 12.9. The van der Waals surface area contributed by atoms with E-state index in [1.165, 1.54) is 0 Å². The zero-order valence-corrected chi connectivity index (χ0v) is 20.5. The summed E-state index contributed by atoms with van der Waals surface area (Å²) in [5.74, 6) is 0.891. The molecule has 1 aromatic heterocycles. The SMILES string of the molecule is COc1ccc2[nH]c(=O)c3c(c2c1)CN(CCC(=O)N1CCN(c2cccc(Cl)c2Cl)CC1)C3. The lowest BCUT2D eigenvalue weighted by molar-refractivity contribution is -0.131. The minimum atomic E-state index is -0.0581. The van der Waals surface area contributed by atoms with Crippen LogP contribution in [0.3, 0.4) is 0 Å². The van der Waals surface area contributed by atoms with Crippen LogP contribution in [-0.2, 0) is 17.9 Å². The summed E-state index contributed by atoms with van der Waals surface area (Å²) >= 11 is 12.5. The van der Waals surface area contributed by atoms with Crippen molar-refractivity contribution in [3.8, 4) is 5.75 Å². The molecule has 3 aromatic rings. The number of methoxy groups -OCH3 is 1. The minimum Gasteiger partial charge on any atom is -0.497 e. The van der Waals surface area contributed by atoms with Crippen molar-refractivity contribution in [2.45, 2.75) is 19.5 Å². The topological polar surface area (TPSA) is 68.9 Å². The molecular formula is C25H26Cl2N4O3. The number of aromatic nitrogens is 1. The Morgan fingerprint density at radius 2 is 1.82 bits per heavy atom. The van der Waals surface area contributed by atoms with Crippen LogP contribution < -0.4 is 15.2 Å². The lowest BCUT2D eigenvalue weighted by Gasteiger charge is -2.36. The van der Waals surface area contributed by atoms with Gasteiger partial charge in [-0.15, -0.1) is 0 Å². The van der Waals surface area contributed by atoms with E-state index >= 15 is 0 Å². The van der Waals surface area contributed by atoms with E-state index in [-0.39, 0.29) is 11.5 Å². The highest BCUT2D eigenvalue weighted by atomic mass is 35.5. The molecule has 0 atom stereocenters. The van der Waals surface area contributed by atoms with Crippen LogP contribution in [-0.4, -0.2) is 60.5 Å². The van der Waals surface area contributed by atoms with E-state index in [4.69, 9.17) is 27.9 Å². The Labute approximate surface area is 207 Å². The molecule has 2 aliphatic heterocycles. The maximum Gasteiger partial charge on any atom is 0.253 e. The zero-order valence-electron chi connectivity index (χ0n) is 18.9. The molecule has 9 heteroatoms. The second kappa shape index (κ2) is 9.49. The lowest BCUT2D eigenvalue weighted by atomic mass is 10.1. The molecule has 0 spiro atoms. The Morgan fingerprint density at radius 3 is 2.59 bits per heavy atom. The van der Waals surface area contributed by atoms with Crippen molar-refractivity contribution < 1.29 is 9.53 Å². The molecule has 5 rings (SSSR count). The number of hydrogen-bond acceptors (Lipinski definition) is 5. The smallest absolute Gasteiger partial charge is 0.253 e. The number of anilines is 1. The number of nitrogens with zero attached hydrogens (tertiary/aromatic N) is 3. The average Bonchev–Trinajstić information content (AvgIpc) is 3.30. The number of amides is 1. The van der Waals surface area contributed by atoms with Gasteiger partial charge in [0.05, 0.1) is 22.8 Å². The average molecular weight is 501 g/mol. The van der Waals surface area contributed by atoms with Crippen LogP contribution in [0.2, 0.25) is 10.0 Å². The summed E-state index contributed by atoms with van der Waals surface area (Å²) in [6, 6.07) is 11.3. The summed E-state index contributed by atoms with van der Waals surface area (Å²) in [6.45, 7) is 4.52. The number of hydrogen-bond donors (Lipinski definition) is 1. The van der Waals surface area contributed by atoms with Crippen LogP contribution in [0.15, 0.2) is 41.2 Å². The highest BCUT2D eigenvalue weighted by Crippen LogP contribution is 2.33. The van der Waals surface area contributed by atoms with E-state index in [0.29, 0.717) is 62.3 Å². The van der Waals surface area contributed by atoms with Crippen LogP contribution in [0.4, 0.5) is 5.69 Å². The summed E-state index contributed by atoms with van der Waals surface area (Å²) in [6.07, 6.45) is 0.422. The monoisotopic (exact) mass is 500 g/mol. The van der Waals surface area contributed by atoms with Crippen molar-refractivity contribution in [1.29, 1.82) is 0 Å². The van der Waals surface area contributed by atoms with Gasteiger partial charge in [0, 0.05) is 68.7 Å². The fraction of sp³-hybridized carbons (Fsp3) is 0.360. The van der Waals surface area contributed by atoms with Gasteiger partial charge in [-0.2, -0.15) is 0 Å². The van der Waals surface area contributed by atoms with Gasteiger partial charge in [0.15, 0.2) is 0 Å². The highest BCUT2D eigenvalue weighted by molar-refractivity contribution is 6.43. The summed E-state index contributed by atoms with van der Waals surface area (Å²) in [5, 5.41) is 2.09. The molecule has 3 heterocycles. The molecule has 34 heavy (non-hydrogen) atoms. The molecule has 0 aliphatic carbocycles. The number of carbonyl (C=O) groups excluding carboxylic acids is 1. The first-order chi connectivity index (χ1) is 16.4. The Balaban J connectivity index is 1.19. The minimum absolute atomic E-state index is 0.0581. The molecule has 0 unspecified atom stereocenters. The summed E-state index contributed by atoms with van der Waals surface area (Å²) in [5.41, 5.74) is 3.46. The molecule has 1 saturated heterocycles. The van der Waals surface area contributed by atoms with Crippen molar-refractivity contribution in [2.24, 2.45) is 0 Å². The first-order valence-electron chi connectivity index (χ1n) is 11.4. The van der Waals surface area contributed by atoms with Crippen molar-refractivity contribution >= 4 is 45.7 Å². The van der Waals surface area contributed by atoms with Crippen LogP contribution in [0.1, 0.15) is 17.5 Å². The van der Waals surface area contributed by atoms with Gasteiger partial charge in [0.25, 0.3) is 5.56 Å². The van der Waals surface area contributed by atoms with Gasteiger partial charge in [-0.05, 0) is 35.9 Å². The normalized spacial score (nSPS) is 16.2. The van der Waals surface area contributed by atoms with Gasteiger partial charge in [0.1, 0.15) is 5.75 Å². The molecular weight excluding hydrogens is 475 g/mol. The van der Waals surface area contributed by atoms with E-state index in [2.05, 4.69) is 14.8 Å². The molecule has 2 aromatic carbocycles. The van der Waals surface area contributed by atoms with Crippen LogP contribution in [0, 0.1) is 0 Å². The third-order valence-corrected chi connectivity index (χ3v) is 7.56. The van der Waals surface area contributed by atoms with E-state index in [9.17, 15) is 9.59 Å². The Morgan fingerprint density at radius 1 is 1.06 bits per heavy atom. The van der Waals surface area contributed by atoms with Crippen molar-refractivity contribution in [3.05, 3.63) is 67.9 Å². The molecule has 178 valence electrons. The van der Waals surface area contributed by atoms with E-state index in [0.717, 1.165) is 33.5 Å². The van der Waals surface area contributed by atoms with Gasteiger partial charge in [-0.3, -0.25) is 14.5 Å². The zero-order chi connectivity index (χ0) is 23.8. The fourth-order valence-electron chi connectivity index (χ4n) is 4.86. The first-order valence-corrected chi connectivity index (χ1v) is 12.1. The van der Waals surface area contributed by atoms with Gasteiger partial charge in [-0.25, -0.2) is 0 Å². The summed E-state index contributed by atoms with van der Waals surface area (Å²) in [4.78, 5) is 34.7. The van der Waals surface area contributed by atoms with Gasteiger partial charge >= 0.3 is 0 Å². The Kier molecular flexibility index (Phi) is 6.42. The van der Waals surface area contributed by atoms with Crippen molar-refractivity contribution in [1.82, 2.24) is 14.8 Å². The number of pyridine rings is 1. The number of rotatable bonds is 5. The third kappa shape index (κ3) is 4.35. The molecule has 0 saturated carbocycles. The van der Waals surface area contributed by atoms with Crippen molar-refractivity contribution in [3.63, 3.8) is 0 Å². The number of piperazine rings is 1. The molecule has 1 N–H and O–H groups in total. The second-order valence-electron chi connectivity index (χ2n) is 8.72. The predicted molar refractivity (Wildman–Crippen MR) is 135 cm³/mol. The number of nitrogens with one attached hydrogen (secondary N) is 1. The van der Waals surface area contributed by atoms with Crippen LogP contribution in [0.25, 0.3) is 10.9 Å². The lowest BCUT2D eigenvalue weighted by Crippen LogP contribution is -2.49. The first kappa shape index (κ1) is 23.0. The van der Waals surface area contributed by atoms with Crippen molar-refractivity contribution in [2.75, 3.05) is 44.7 Å². The molecule has 0 radical (unpaired) electrons. The number of ether oxygens (including phenoxy) is 1. The largest absolute Gasteiger partial charge is 0.497 e. The number of H-pyrrole nitrogens is 1. The molecule has 7 nitrogen and oxygen atoms in total. The molecule has 1 fully saturated rings. The second-order valence-corrected chi connectivity index (χ2v) is 9.51. The molecule has 0 bridgehead atoms.